The van der Waals surface area contributed by atoms with Crippen LogP contribution < -0.4 is 16.3 Å². The van der Waals surface area contributed by atoms with Crippen LogP contribution in [0.25, 0.3) is 5.57 Å². The molecule has 0 saturated carbocycles. The summed E-state index contributed by atoms with van der Waals surface area (Å²) in [5.74, 6) is -1.02. The van der Waals surface area contributed by atoms with E-state index in [1.54, 1.807) is 0 Å². The zero-order valence-corrected chi connectivity index (χ0v) is 10.8. The monoisotopic (exact) mass is 287 g/mol. The highest BCUT2D eigenvalue weighted by atomic mass is 16.6. The summed E-state index contributed by atoms with van der Waals surface area (Å²) < 4.78 is 1.33. The molecule has 9 heteroatoms. The molecule has 1 aromatic carbocycles. The summed E-state index contributed by atoms with van der Waals surface area (Å²) in [4.78, 5) is 29.8. The molecular formula is C12H9N5O4. The fraction of sp³-hybridized carbons (Fsp3) is 0.0833. The number of imidazole rings is 1. The van der Waals surface area contributed by atoms with Gasteiger partial charge in [-0.2, -0.15) is 4.98 Å². The zero-order valence-electron chi connectivity index (χ0n) is 10.8. The number of aromatic hydroxyl groups is 1. The fourth-order valence-corrected chi connectivity index (χ4v) is 2.23. The summed E-state index contributed by atoms with van der Waals surface area (Å²) in [5, 5.41) is 21.3. The van der Waals surface area contributed by atoms with Gasteiger partial charge in [-0.3, -0.25) is 14.9 Å². The predicted molar refractivity (Wildman–Crippen MR) is 70.7 cm³/mol. The van der Waals surface area contributed by atoms with Crippen LogP contribution in [0.1, 0.15) is 5.69 Å². The van der Waals surface area contributed by atoms with E-state index in [9.17, 15) is 20.0 Å². The van der Waals surface area contributed by atoms with E-state index in [-0.39, 0.29) is 28.1 Å². The Morgan fingerprint density at radius 3 is 2.71 bits per heavy atom. The smallest absolute Gasteiger partial charge is 0.280 e. The number of nitro benzene ring substituents is 1. The molecule has 0 fully saturated rings. The molecular weight excluding hydrogens is 278 g/mol. The zero-order chi connectivity index (χ0) is 15.3. The number of carbonyl (C=O) groups is 1. The number of hydrogen-bond donors (Lipinski definition) is 2. The van der Waals surface area contributed by atoms with Crippen LogP contribution in [0.15, 0.2) is 23.2 Å². The molecule has 2 aromatic rings. The summed E-state index contributed by atoms with van der Waals surface area (Å²) in [6.45, 7) is 0. The molecule has 0 unspecified atom stereocenters. The maximum Gasteiger partial charge on any atom is 0.280 e. The van der Waals surface area contributed by atoms with E-state index >= 15 is 0 Å². The number of hydrogen-bond acceptors (Lipinski definition) is 6. The number of aromatic nitrogens is 2. The van der Waals surface area contributed by atoms with Crippen molar-refractivity contribution in [3.63, 3.8) is 0 Å². The van der Waals surface area contributed by atoms with Crippen molar-refractivity contribution >= 4 is 23.1 Å². The van der Waals surface area contributed by atoms with Gasteiger partial charge < -0.3 is 15.4 Å². The molecule has 1 aromatic heterocycles. The van der Waals surface area contributed by atoms with Crippen LogP contribution in [0.5, 0.6) is 5.88 Å². The Hall–Kier alpha value is -3.23. The maximum atomic E-state index is 12.1. The number of fused-ring (bicyclic) bond motifs is 1. The average molecular weight is 287 g/mol. The van der Waals surface area contributed by atoms with Gasteiger partial charge in [0, 0.05) is 24.4 Å². The molecule has 9 nitrogen and oxygen atoms in total. The second-order valence-corrected chi connectivity index (χ2v) is 4.45. The van der Waals surface area contributed by atoms with Crippen molar-refractivity contribution < 1.29 is 14.8 Å². The first kappa shape index (κ1) is 12.8. The molecule has 0 radical (unpaired) electrons. The lowest BCUT2D eigenvalue weighted by atomic mass is 10.1. The molecule has 1 aliphatic rings. The number of nitro groups is 1. The minimum Gasteiger partial charge on any atom is -0.492 e. The normalized spacial score (nSPS) is 13.2. The summed E-state index contributed by atoms with van der Waals surface area (Å²) in [7, 11) is 1.52. The van der Waals surface area contributed by atoms with Crippen molar-refractivity contribution in [2.75, 3.05) is 5.73 Å². The third-order valence-corrected chi connectivity index (χ3v) is 3.24. The van der Waals surface area contributed by atoms with Gasteiger partial charge in [0.15, 0.2) is 0 Å². The van der Waals surface area contributed by atoms with E-state index in [1.165, 1.54) is 29.8 Å². The first-order valence-corrected chi connectivity index (χ1v) is 5.83. The summed E-state index contributed by atoms with van der Waals surface area (Å²) >= 11 is 0. The Morgan fingerprint density at radius 2 is 2.14 bits per heavy atom. The molecule has 1 amide bonds. The van der Waals surface area contributed by atoms with E-state index in [0.717, 1.165) is 0 Å². The first-order chi connectivity index (χ1) is 9.90. The van der Waals surface area contributed by atoms with Crippen LogP contribution in [-0.4, -0.2) is 25.5 Å². The van der Waals surface area contributed by atoms with Gasteiger partial charge in [-0.1, -0.05) is 0 Å². The van der Waals surface area contributed by atoms with Crippen molar-refractivity contribution in [1.82, 2.24) is 9.55 Å². The van der Waals surface area contributed by atoms with Gasteiger partial charge in [-0.25, -0.2) is 4.99 Å². The molecule has 0 atom stereocenters. The third-order valence-electron chi connectivity index (χ3n) is 3.24. The summed E-state index contributed by atoms with van der Waals surface area (Å²) in [6.07, 6.45) is 0. The Kier molecular flexibility index (Phi) is 2.52. The van der Waals surface area contributed by atoms with E-state index in [1.807, 2.05) is 0 Å². The Balaban J connectivity index is 2.42. The van der Waals surface area contributed by atoms with Crippen LogP contribution in [0.3, 0.4) is 0 Å². The molecule has 0 saturated heterocycles. The van der Waals surface area contributed by atoms with Gasteiger partial charge in [-0.05, 0) is 6.07 Å². The highest BCUT2D eigenvalue weighted by Gasteiger charge is 2.27. The second kappa shape index (κ2) is 4.13. The van der Waals surface area contributed by atoms with Gasteiger partial charge >= 0.3 is 0 Å². The van der Waals surface area contributed by atoms with Crippen molar-refractivity contribution in [2.45, 2.75) is 0 Å². The van der Waals surface area contributed by atoms with E-state index in [2.05, 4.69) is 9.98 Å². The average Bonchev–Trinajstić information content (AvgIpc) is 2.86. The number of amides is 1. The topological polar surface area (TPSA) is 137 Å². The highest BCUT2D eigenvalue weighted by Crippen LogP contribution is 2.26. The summed E-state index contributed by atoms with van der Waals surface area (Å²) in [6, 6.07) is 3.88. The van der Waals surface area contributed by atoms with Crippen LogP contribution in [0.2, 0.25) is 0 Å². The van der Waals surface area contributed by atoms with Gasteiger partial charge in [0.05, 0.1) is 15.9 Å². The van der Waals surface area contributed by atoms with E-state index in [4.69, 9.17) is 5.73 Å². The number of carbonyl (C=O) groups excluding carboxylic acids is 1. The maximum absolute atomic E-state index is 12.1. The number of nitrogen functional groups attached to an aromatic ring is 1. The largest absolute Gasteiger partial charge is 0.492 e. The summed E-state index contributed by atoms with van der Waals surface area (Å²) in [5.41, 5.74) is 5.53. The lowest BCUT2D eigenvalue weighted by Crippen LogP contribution is -2.24. The van der Waals surface area contributed by atoms with Gasteiger partial charge in [0.25, 0.3) is 11.6 Å². The molecule has 0 spiro atoms. The number of non-ortho nitro benzene ring substituents is 1. The molecule has 3 N–H and O–H groups in total. The predicted octanol–water partition coefficient (Wildman–Crippen LogP) is -1.03. The third kappa shape index (κ3) is 1.75. The SMILES string of the molecule is Cn1c(N)nc(O)c1C1=c2cc([N+](=O)[O-])ccc2=NC1=O. The van der Waals surface area contributed by atoms with Crippen LogP contribution in [-0.2, 0) is 11.8 Å². The minimum absolute atomic E-state index is 0.0154. The number of rotatable bonds is 2. The minimum atomic E-state index is -0.608. The van der Waals surface area contributed by atoms with Gasteiger partial charge in [-0.15, -0.1) is 0 Å². The lowest BCUT2D eigenvalue weighted by Gasteiger charge is -2.02. The molecule has 0 aliphatic carbocycles. The van der Waals surface area contributed by atoms with Crippen molar-refractivity contribution in [1.29, 1.82) is 0 Å². The van der Waals surface area contributed by atoms with Crippen LogP contribution in [0, 0.1) is 10.1 Å². The molecule has 2 heterocycles. The number of benzene rings is 1. The standard InChI is InChI=1S/C12H9N5O4/c1-16-9(11(19)15-12(16)13)8-6-4-5(17(20)21)2-3-7(6)14-10(8)18/h2-4,19H,1H3,(H2,13,15). The highest BCUT2D eigenvalue weighted by molar-refractivity contribution is 6.21. The number of nitrogens with two attached hydrogens (primary N) is 1. The number of anilines is 1. The van der Waals surface area contributed by atoms with E-state index in [0.29, 0.717) is 5.36 Å². The van der Waals surface area contributed by atoms with Crippen molar-refractivity contribution in [3.05, 3.63) is 44.6 Å². The van der Waals surface area contributed by atoms with Crippen molar-refractivity contribution in [2.24, 2.45) is 12.0 Å². The van der Waals surface area contributed by atoms with Gasteiger partial charge in [0.2, 0.25) is 11.8 Å². The Labute approximate surface area is 116 Å². The Morgan fingerprint density at radius 1 is 1.43 bits per heavy atom. The Bertz CT molecular complexity index is 928. The molecule has 1 aliphatic heterocycles. The fourth-order valence-electron chi connectivity index (χ4n) is 2.23. The van der Waals surface area contributed by atoms with Crippen LogP contribution >= 0.6 is 0 Å². The lowest BCUT2D eigenvalue weighted by molar-refractivity contribution is -0.385. The van der Waals surface area contributed by atoms with Crippen molar-refractivity contribution in [3.8, 4) is 5.88 Å². The quantitative estimate of drug-likeness (QED) is 0.535. The molecule has 21 heavy (non-hydrogen) atoms. The van der Waals surface area contributed by atoms with Crippen LogP contribution in [0.4, 0.5) is 11.6 Å². The molecule has 3 rings (SSSR count). The van der Waals surface area contributed by atoms with E-state index < -0.39 is 16.7 Å². The second-order valence-electron chi connectivity index (χ2n) is 4.45. The first-order valence-electron chi connectivity index (χ1n) is 5.83. The number of nitrogens with zero attached hydrogens (tertiary/aromatic N) is 4. The molecule has 106 valence electrons. The molecule has 0 bridgehead atoms. The van der Waals surface area contributed by atoms with Gasteiger partial charge in [0.1, 0.15) is 5.69 Å².